The van der Waals surface area contributed by atoms with E-state index in [0.717, 1.165) is 28.7 Å². The van der Waals surface area contributed by atoms with Crippen LogP contribution in [0.3, 0.4) is 0 Å². The summed E-state index contributed by atoms with van der Waals surface area (Å²) in [5.41, 5.74) is 3.39. The molecule has 0 radical (unpaired) electrons. The molecule has 1 aromatic heterocycles. The average molecular weight is 356 g/mol. The number of amides is 1. The van der Waals surface area contributed by atoms with Gasteiger partial charge in [-0.1, -0.05) is 31.2 Å². The Balaban J connectivity index is 2.24. The number of ether oxygens (including phenoxy) is 1. The summed E-state index contributed by atoms with van der Waals surface area (Å²) in [6, 6.07) is 9.77. The maximum Gasteiger partial charge on any atom is 0.410 e. The quantitative estimate of drug-likeness (QED) is 0.872. The Hall–Kier alpha value is -2.40. The highest BCUT2D eigenvalue weighted by atomic mass is 16.6. The third-order valence-corrected chi connectivity index (χ3v) is 4.05. The lowest BCUT2D eigenvalue weighted by Gasteiger charge is -2.27. The van der Waals surface area contributed by atoms with Crippen LogP contribution >= 0.6 is 0 Å². The molecular weight excluding hydrogens is 328 g/mol. The van der Waals surface area contributed by atoms with Crippen molar-refractivity contribution < 1.29 is 14.6 Å². The zero-order valence-electron chi connectivity index (χ0n) is 16.2. The number of pyridine rings is 1. The third kappa shape index (κ3) is 5.05. The van der Waals surface area contributed by atoms with E-state index >= 15 is 0 Å². The Morgan fingerprint density at radius 2 is 2.00 bits per heavy atom. The minimum atomic E-state index is -0.793. The van der Waals surface area contributed by atoms with Crippen LogP contribution in [0, 0.1) is 0 Å². The van der Waals surface area contributed by atoms with E-state index in [9.17, 15) is 9.90 Å². The van der Waals surface area contributed by atoms with Gasteiger partial charge in [-0.2, -0.15) is 0 Å². The number of rotatable bonds is 5. The first-order valence-electron chi connectivity index (χ1n) is 8.87. The Labute approximate surface area is 155 Å². The first kappa shape index (κ1) is 19.9. The Bertz CT molecular complexity index is 739. The largest absolute Gasteiger partial charge is 0.444 e. The minimum Gasteiger partial charge on any atom is -0.444 e. The van der Waals surface area contributed by atoms with E-state index in [4.69, 9.17) is 4.74 Å². The molecule has 26 heavy (non-hydrogen) atoms. The molecular formula is C21H28N2O3. The SMILES string of the molecule is CCc1c(-c2cccnc2)cccc1C(O)CN(C)C(=O)OC(C)(C)C. The van der Waals surface area contributed by atoms with E-state index in [1.807, 2.05) is 57.3 Å². The lowest BCUT2D eigenvalue weighted by molar-refractivity contribution is 0.0204. The molecule has 1 N–H and O–H groups in total. The molecule has 140 valence electrons. The molecule has 1 unspecified atom stereocenters. The normalized spacial score (nSPS) is 12.5. The minimum absolute atomic E-state index is 0.165. The zero-order chi connectivity index (χ0) is 19.3. The highest BCUT2D eigenvalue weighted by molar-refractivity contribution is 5.69. The second kappa shape index (κ2) is 8.32. The fourth-order valence-corrected chi connectivity index (χ4v) is 2.88. The average Bonchev–Trinajstić information content (AvgIpc) is 2.60. The molecule has 2 rings (SSSR count). The van der Waals surface area contributed by atoms with Crippen molar-refractivity contribution in [2.75, 3.05) is 13.6 Å². The molecule has 1 amide bonds. The predicted molar refractivity (Wildman–Crippen MR) is 103 cm³/mol. The van der Waals surface area contributed by atoms with E-state index in [1.165, 1.54) is 4.90 Å². The highest BCUT2D eigenvalue weighted by Gasteiger charge is 2.23. The molecule has 0 aliphatic rings. The lowest BCUT2D eigenvalue weighted by Crippen LogP contribution is -2.36. The molecule has 5 heteroatoms. The number of benzene rings is 1. The summed E-state index contributed by atoms with van der Waals surface area (Å²) in [6.07, 6.45) is 3.09. The summed E-state index contributed by atoms with van der Waals surface area (Å²) in [5.74, 6) is 0. The monoisotopic (exact) mass is 356 g/mol. The van der Waals surface area contributed by atoms with Gasteiger partial charge in [-0.25, -0.2) is 4.79 Å². The standard InChI is InChI=1S/C21H28N2O3/c1-6-16-17(15-9-8-12-22-13-15)10-7-11-18(16)19(24)14-23(5)20(25)26-21(2,3)4/h7-13,19,24H,6,14H2,1-5H3. The molecule has 1 atom stereocenters. The van der Waals surface area contributed by atoms with E-state index < -0.39 is 17.8 Å². The van der Waals surface area contributed by atoms with Gasteiger partial charge >= 0.3 is 6.09 Å². The number of carbonyl (C=O) groups is 1. The zero-order valence-corrected chi connectivity index (χ0v) is 16.2. The first-order chi connectivity index (χ1) is 12.2. The fourth-order valence-electron chi connectivity index (χ4n) is 2.88. The number of hydrogen-bond acceptors (Lipinski definition) is 4. The number of aliphatic hydroxyl groups excluding tert-OH is 1. The van der Waals surface area contributed by atoms with E-state index in [1.54, 1.807) is 13.2 Å². The predicted octanol–water partition coefficient (Wildman–Crippen LogP) is 4.21. The number of aromatic nitrogens is 1. The second-order valence-corrected chi connectivity index (χ2v) is 7.35. The molecule has 1 heterocycles. The van der Waals surface area contributed by atoms with Gasteiger partial charge in [0, 0.05) is 25.0 Å². The van der Waals surface area contributed by atoms with Crippen LogP contribution in [0.15, 0.2) is 42.7 Å². The van der Waals surface area contributed by atoms with Crippen molar-refractivity contribution in [2.45, 2.75) is 45.8 Å². The summed E-state index contributed by atoms with van der Waals surface area (Å²) in [5, 5.41) is 10.8. The molecule has 0 bridgehead atoms. The van der Waals surface area contributed by atoms with Crippen LogP contribution in [0.25, 0.3) is 11.1 Å². The van der Waals surface area contributed by atoms with Crippen molar-refractivity contribution in [3.63, 3.8) is 0 Å². The van der Waals surface area contributed by atoms with Gasteiger partial charge in [-0.15, -0.1) is 0 Å². The van der Waals surface area contributed by atoms with E-state index in [0.29, 0.717) is 0 Å². The van der Waals surface area contributed by atoms with Crippen molar-refractivity contribution in [3.05, 3.63) is 53.9 Å². The summed E-state index contributed by atoms with van der Waals surface area (Å²) in [6.45, 7) is 7.69. The molecule has 0 spiro atoms. The molecule has 0 aliphatic carbocycles. The van der Waals surface area contributed by atoms with E-state index in [2.05, 4.69) is 11.9 Å². The van der Waals surface area contributed by atoms with Gasteiger partial charge in [-0.3, -0.25) is 4.98 Å². The van der Waals surface area contributed by atoms with Crippen LogP contribution in [-0.2, 0) is 11.2 Å². The van der Waals surface area contributed by atoms with Gasteiger partial charge in [0.15, 0.2) is 0 Å². The van der Waals surface area contributed by atoms with Crippen LogP contribution in [0.4, 0.5) is 4.79 Å². The van der Waals surface area contributed by atoms with Crippen LogP contribution < -0.4 is 0 Å². The van der Waals surface area contributed by atoms with Crippen molar-refractivity contribution >= 4 is 6.09 Å². The van der Waals surface area contributed by atoms with Gasteiger partial charge in [0.05, 0.1) is 12.6 Å². The number of likely N-dealkylation sites (N-methyl/N-ethyl adjacent to an activating group) is 1. The van der Waals surface area contributed by atoms with Crippen LogP contribution in [-0.4, -0.2) is 40.3 Å². The van der Waals surface area contributed by atoms with Gasteiger partial charge in [0.25, 0.3) is 0 Å². The van der Waals surface area contributed by atoms with Gasteiger partial charge in [0.1, 0.15) is 5.60 Å². The maximum absolute atomic E-state index is 12.2. The molecule has 0 saturated heterocycles. The van der Waals surface area contributed by atoms with Crippen LogP contribution in [0.1, 0.15) is 44.9 Å². The fraction of sp³-hybridized carbons (Fsp3) is 0.429. The number of nitrogens with zero attached hydrogens (tertiary/aromatic N) is 2. The number of carbonyl (C=O) groups excluding carboxylic acids is 1. The Morgan fingerprint density at radius 3 is 2.58 bits per heavy atom. The molecule has 5 nitrogen and oxygen atoms in total. The smallest absolute Gasteiger partial charge is 0.410 e. The molecule has 0 aliphatic heterocycles. The molecule has 0 fully saturated rings. The maximum atomic E-state index is 12.2. The Morgan fingerprint density at radius 1 is 1.27 bits per heavy atom. The van der Waals surface area contributed by atoms with Crippen LogP contribution in [0.2, 0.25) is 0 Å². The second-order valence-electron chi connectivity index (χ2n) is 7.35. The molecule has 1 aromatic carbocycles. The van der Waals surface area contributed by atoms with Crippen molar-refractivity contribution in [3.8, 4) is 11.1 Å². The molecule has 0 saturated carbocycles. The topological polar surface area (TPSA) is 62.7 Å². The highest BCUT2D eigenvalue weighted by Crippen LogP contribution is 2.30. The van der Waals surface area contributed by atoms with Crippen LogP contribution in [0.5, 0.6) is 0 Å². The van der Waals surface area contributed by atoms with Crippen molar-refractivity contribution in [1.29, 1.82) is 0 Å². The lowest BCUT2D eigenvalue weighted by atomic mass is 9.92. The van der Waals surface area contributed by atoms with Crippen molar-refractivity contribution in [2.24, 2.45) is 0 Å². The first-order valence-corrected chi connectivity index (χ1v) is 8.87. The van der Waals surface area contributed by atoms with Gasteiger partial charge < -0.3 is 14.7 Å². The summed E-state index contributed by atoms with van der Waals surface area (Å²) >= 11 is 0. The van der Waals surface area contributed by atoms with E-state index in [-0.39, 0.29) is 6.54 Å². The summed E-state index contributed by atoms with van der Waals surface area (Å²) < 4.78 is 5.35. The van der Waals surface area contributed by atoms with Gasteiger partial charge in [-0.05, 0) is 49.9 Å². The third-order valence-electron chi connectivity index (χ3n) is 4.05. The molecule has 2 aromatic rings. The summed E-state index contributed by atoms with van der Waals surface area (Å²) in [4.78, 5) is 17.7. The Kier molecular flexibility index (Phi) is 6.37. The van der Waals surface area contributed by atoms with Gasteiger partial charge in [0.2, 0.25) is 0 Å². The summed E-state index contributed by atoms with van der Waals surface area (Å²) in [7, 11) is 1.63. The van der Waals surface area contributed by atoms with Crippen molar-refractivity contribution in [1.82, 2.24) is 9.88 Å². The number of aliphatic hydroxyl groups is 1. The number of hydrogen-bond donors (Lipinski definition) is 1.